The first-order chi connectivity index (χ1) is 15.2. The van der Waals surface area contributed by atoms with Crippen molar-refractivity contribution in [2.24, 2.45) is 0 Å². The van der Waals surface area contributed by atoms with E-state index in [1.165, 1.54) is 11.1 Å². The molecular formula is C26H25N3O2. The molecule has 31 heavy (non-hydrogen) atoms. The van der Waals surface area contributed by atoms with E-state index in [1.54, 1.807) is 0 Å². The van der Waals surface area contributed by atoms with Crippen molar-refractivity contribution in [1.82, 2.24) is 14.5 Å². The molecule has 5 nitrogen and oxygen atoms in total. The predicted octanol–water partition coefficient (Wildman–Crippen LogP) is 5.89. The molecule has 3 aromatic carbocycles. The average Bonchev–Trinajstić information content (AvgIpc) is 3.07. The van der Waals surface area contributed by atoms with E-state index in [0.717, 1.165) is 39.6 Å². The van der Waals surface area contributed by atoms with Crippen molar-refractivity contribution in [3.8, 4) is 11.5 Å². The summed E-state index contributed by atoms with van der Waals surface area (Å²) in [5.74, 6) is 1.40. The van der Waals surface area contributed by atoms with Crippen LogP contribution < -0.4 is 9.47 Å². The summed E-state index contributed by atoms with van der Waals surface area (Å²) >= 11 is 0. The molecule has 2 aromatic heterocycles. The van der Waals surface area contributed by atoms with Gasteiger partial charge in [-0.3, -0.25) is 0 Å². The summed E-state index contributed by atoms with van der Waals surface area (Å²) in [5.41, 5.74) is 7.00. The molecule has 0 N–H and O–H groups in total. The van der Waals surface area contributed by atoms with Crippen LogP contribution in [0.2, 0.25) is 0 Å². The Morgan fingerprint density at radius 3 is 2.13 bits per heavy atom. The van der Waals surface area contributed by atoms with Crippen LogP contribution in [0, 0.1) is 6.92 Å². The molecule has 156 valence electrons. The molecule has 0 saturated heterocycles. The monoisotopic (exact) mass is 411 g/mol. The van der Waals surface area contributed by atoms with Gasteiger partial charge in [-0.05, 0) is 32.4 Å². The summed E-state index contributed by atoms with van der Waals surface area (Å²) in [6, 6.07) is 20.9. The summed E-state index contributed by atoms with van der Waals surface area (Å²) in [4.78, 5) is 10.0. The van der Waals surface area contributed by atoms with Crippen LogP contribution in [0.4, 0.5) is 0 Å². The predicted molar refractivity (Wildman–Crippen MR) is 125 cm³/mol. The zero-order chi connectivity index (χ0) is 21.4. The highest BCUT2D eigenvalue weighted by Crippen LogP contribution is 2.34. The lowest BCUT2D eigenvalue weighted by Gasteiger charge is -2.12. The third kappa shape index (κ3) is 3.46. The molecule has 0 saturated carbocycles. The number of benzene rings is 3. The van der Waals surface area contributed by atoms with E-state index < -0.39 is 0 Å². The van der Waals surface area contributed by atoms with Crippen LogP contribution in [0.1, 0.15) is 25.0 Å². The minimum atomic E-state index is 0.564. The van der Waals surface area contributed by atoms with Crippen molar-refractivity contribution in [2.45, 2.75) is 27.3 Å². The zero-order valence-corrected chi connectivity index (χ0v) is 18.1. The molecule has 0 fully saturated rings. The molecule has 0 aliphatic carbocycles. The zero-order valence-electron chi connectivity index (χ0n) is 18.1. The normalized spacial score (nSPS) is 11.5. The SMILES string of the molecule is CCOc1cc2nc3c4ccccc4n(Cc4ccc(C)cc4)c3nc2cc1OCC. The highest BCUT2D eigenvalue weighted by atomic mass is 16.5. The van der Waals surface area contributed by atoms with Crippen LogP contribution in [-0.2, 0) is 6.54 Å². The van der Waals surface area contributed by atoms with E-state index >= 15 is 0 Å². The van der Waals surface area contributed by atoms with E-state index in [1.807, 2.05) is 32.0 Å². The van der Waals surface area contributed by atoms with Crippen molar-refractivity contribution in [2.75, 3.05) is 13.2 Å². The molecule has 5 rings (SSSR count). The largest absolute Gasteiger partial charge is 0.490 e. The van der Waals surface area contributed by atoms with Crippen LogP contribution in [0.25, 0.3) is 33.1 Å². The number of nitrogens with zero attached hydrogens (tertiary/aromatic N) is 3. The Kier molecular flexibility index (Phi) is 4.94. The molecule has 2 heterocycles. The van der Waals surface area contributed by atoms with Crippen LogP contribution in [0.15, 0.2) is 60.7 Å². The highest BCUT2D eigenvalue weighted by Gasteiger charge is 2.17. The summed E-state index contributed by atoms with van der Waals surface area (Å²) in [5, 5.41) is 1.10. The number of hydrogen-bond acceptors (Lipinski definition) is 4. The summed E-state index contributed by atoms with van der Waals surface area (Å²) in [7, 11) is 0. The van der Waals surface area contributed by atoms with E-state index in [-0.39, 0.29) is 0 Å². The first-order valence-corrected chi connectivity index (χ1v) is 10.7. The molecule has 0 aliphatic heterocycles. The first-order valence-electron chi connectivity index (χ1n) is 10.7. The fourth-order valence-corrected chi connectivity index (χ4v) is 4.02. The Hall–Kier alpha value is -3.60. The average molecular weight is 412 g/mol. The number of rotatable bonds is 6. The van der Waals surface area contributed by atoms with Crippen molar-refractivity contribution in [1.29, 1.82) is 0 Å². The summed E-state index contributed by atoms with van der Waals surface area (Å²) in [6.07, 6.45) is 0. The van der Waals surface area contributed by atoms with E-state index in [2.05, 4.69) is 54.0 Å². The maximum atomic E-state index is 5.81. The minimum Gasteiger partial charge on any atom is -0.490 e. The second-order valence-corrected chi connectivity index (χ2v) is 7.64. The number of para-hydroxylation sites is 1. The van der Waals surface area contributed by atoms with Crippen LogP contribution in [0.5, 0.6) is 11.5 Å². The fraction of sp³-hybridized carbons (Fsp3) is 0.231. The molecule has 0 amide bonds. The number of fused-ring (bicyclic) bond motifs is 4. The highest BCUT2D eigenvalue weighted by molar-refractivity contribution is 6.06. The number of ether oxygens (including phenoxy) is 2. The van der Waals surface area contributed by atoms with Gasteiger partial charge in [0.05, 0.1) is 29.8 Å². The van der Waals surface area contributed by atoms with Crippen molar-refractivity contribution >= 4 is 33.1 Å². The molecule has 0 spiro atoms. The van der Waals surface area contributed by atoms with E-state index in [4.69, 9.17) is 19.4 Å². The second kappa shape index (κ2) is 7.91. The van der Waals surface area contributed by atoms with Gasteiger partial charge < -0.3 is 14.0 Å². The standard InChI is InChI=1S/C26H25N3O2/c1-4-30-23-14-20-21(15-24(23)31-5-2)28-26-25(27-20)19-8-6-7-9-22(19)29(26)16-18-12-10-17(3)11-13-18/h6-15H,4-5,16H2,1-3H3. The smallest absolute Gasteiger partial charge is 0.163 e. The Balaban J connectivity index is 1.75. The summed E-state index contributed by atoms with van der Waals surface area (Å²) < 4.78 is 13.8. The third-order valence-electron chi connectivity index (χ3n) is 5.48. The number of hydrogen-bond donors (Lipinski definition) is 0. The van der Waals surface area contributed by atoms with E-state index in [9.17, 15) is 0 Å². The molecule has 0 aliphatic rings. The van der Waals surface area contributed by atoms with Gasteiger partial charge in [0.15, 0.2) is 17.1 Å². The van der Waals surface area contributed by atoms with Crippen molar-refractivity contribution in [3.05, 3.63) is 71.8 Å². The van der Waals surface area contributed by atoms with Gasteiger partial charge >= 0.3 is 0 Å². The Labute approximate surface area is 181 Å². The van der Waals surface area contributed by atoms with Crippen LogP contribution >= 0.6 is 0 Å². The lowest BCUT2D eigenvalue weighted by Crippen LogP contribution is -2.02. The Morgan fingerprint density at radius 1 is 0.806 bits per heavy atom. The Morgan fingerprint density at radius 2 is 1.45 bits per heavy atom. The maximum absolute atomic E-state index is 5.81. The van der Waals surface area contributed by atoms with Gasteiger partial charge in [0.25, 0.3) is 0 Å². The Bertz CT molecular complexity index is 1390. The summed E-state index contributed by atoms with van der Waals surface area (Å²) in [6.45, 7) is 7.90. The van der Waals surface area contributed by atoms with Crippen LogP contribution in [0.3, 0.4) is 0 Å². The second-order valence-electron chi connectivity index (χ2n) is 7.64. The van der Waals surface area contributed by atoms with Crippen LogP contribution in [-0.4, -0.2) is 27.7 Å². The van der Waals surface area contributed by atoms with Gasteiger partial charge in [0.2, 0.25) is 0 Å². The molecule has 0 bridgehead atoms. The van der Waals surface area contributed by atoms with Gasteiger partial charge in [-0.25, -0.2) is 9.97 Å². The molecular weight excluding hydrogens is 386 g/mol. The minimum absolute atomic E-state index is 0.564. The molecule has 5 aromatic rings. The fourth-order valence-electron chi connectivity index (χ4n) is 4.02. The first kappa shape index (κ1) is 19.4. The van der Waals surface area contributed by atoms with Gasteiger partial charge in [-0.2, -0.15) is 0 Å². The molecule has 0 atom stereocenters. The van der Waals surface area contributed by atoms with E-state index in [0.29, 0.717) is 24.7 Å². The van der Waals surface area contributed by atoms with Gasteiger partial charge in [-0.15, -0.1) is 0 Å². The van der Waals surface area contributed by atoms with Crippen molar-refractivity contribution in [3.63, 3.8) is 0 Å². The van der Waals surface area contributed by atoms with Gasteiger partial charge in [0.1, 0.15) is 5.52 Å². The molecule has 0 radical (unpaired) electrons. The lowest BCUT2D eigenvalue weighted by molar-refractivity contribution is 0.288. The number of aryl methyl sites for hydroxylation is 1. The van der Waals surface area contributed by atoms with Crippen molar-refractivity contribution < 1.29 is 9.47 Å². The third-order valence-corrected chi connectivity index (χ3v) is 5.48. The quantitative estimate of drug-likeness (QED) is 0.349. The topological polar surface area (TPSA) is 49.2 Å². The number of aromatic nitrogens is 3. The van der Waals surface area contributed by atoms with Gasteiger partial charge in [-0.1, -0.05) is 48.0 Å². The maximum Gasteiger partial charge on any atom is 0.163 e. The van der Waals surface area contributed by atoms with Gasteiger partial charge in [0, 0.05) is 24.1 Å². The lowest BCUT2D eigenvalue weighted by atomic mass is 10.1. The molecule has 5 heteroatoms. The molecule has 0 unspecified atom stereocenters.